The zero-order valence-corrected chi connectivity index (χ0v) is 21.9. The first-order valence-corrected chi connectivity index (χ1v) is 13.3. The number of aliphatic hydroxyl groups is 2. The third kappa shape index (κ3) is 9.44. The van der Waals surface area contributed by atoms with Crippen molar-refractivity contribution < 1.29 is 38.8 Å². The van der Waals surface area contributed by atoms with Crippen LogP contribution in [0.15, 0.2) is 53.5 Å². The van der Waals surface area contributed by atoms with Crippen LogP contribution in [0.5, 0.6) is 5.75 Å². The Bertz CT molecular complexity index is 929. The van der Waals surface area contributed by atoms with E-state index in [9.17, 15) is 24.6 Å². The molecular formula is C27H36O8S. The van der Waals surface area contributed by atoms with E-state index < -0.39 is 35.7 Å². The first-order chi connectivity index (χ1) is 17.2. The summed E-state index contributed by atoms with van der Waals surface area (Å²) < 4.78 is 15.9. The summed E-state index contributed by atoms with van der Waals surface area (Å²) in [6.07, 6.45) is 6.62. The number of Topliss-reactive ketones (excluding diaryl/α,β-unsaturated/α-hetero) is 1. The number of rotatable bonds is 15. The number of hydrogen-bond donors (Lipinski definition) is 2. The zero-order valence-electron chi connectivity index (χ0n) is 21.1. The quantitative estimate of drug-likeness (QED) is 0.203. The van der Waals surface area contributed by atoms with Gasteiger partial charge in [0.1, 0.15) is 11.9 Å². The lowest BCUT2D eigenvalue weighted by Gasteiger charge is -2.30. The largest absolute Gasteiger partial charge is 0.494 e. The van der Waals surface area contributed by atoms with Gasteiger partial charge in [0.25, 0.3) is 0 Å². The molecule has 4 unspecified atom stereocenters. The van der Waals surface area contributed by atoms with Crippen molar-refractivity contribution in [2.24, 2.45) is 5.92 Å². The second-order valence-electron chi connectivity index (χ2n) is 8.67. The number of esters is 2. The van der Waals surface area contributed by atoms with E-state index in [0.29, 0.717) is 37.2 Å². The molecule has 0 bridgehead atoms. The van der Waals surface area contributed by atoms with Gasteiger partial charge >= 0.3 is 11.9 Å². The Labute approximate surface area is 216 Å². The van der Waals surface area contributed by atoms with Gasteiger partial charge in [-0.1, -0.05) is 24.3 Å². The van der Waals surface area contributed by atoms with Crippen LogP contribution in [0.3, 0.4) is 0 Å². The van der Waals surface area contributed by atoms with Crippen LogP contribution in [0, 0.1) is 5.92 Å². The average Bonchev–Trinajstić information content (AvgIpc) is 3.09. The predicted molar refractivity (Wildman–Crippen MR) is 137 cm³/mol. The number of benzene rings is 1. The Morgan fingerprint density at radius 1 is 1.08 bits per heavy atom. The lowest BCUT2D eigenvalue weighted by molar-refractivity contribution is -0.146. The van der Waals surface area contributed by atoms with Crippen LogP contribution in [0.1, 0.15) is 46.0 Å². The molecule has 0 amide bonds. The van der Waals surface area contributed by atoms with Gasteiger partial charge in [-0.3, -0.25) is 14.4 Å². The molecular weight excluding hydrogens is 484 g/mol. The molecule has 198 valence electrons. The van der Waals surface area contributed by atoms with Gasteiger partial charge in [-0.25, -0.2) is 0 Å². The molecule has 0 spiro atoms. The molecule has 0 fully saturated rings. The maximum Gasteiger partial charge on any atom is 0.303 e. The molecule has 0 aromatic heterocycles. The molecule has 0 radical (unpaired) electrons. The van der Waals surface area contributed by atoms with Crippen molar-refractivity contribution in [2.75, 3.05) is 19.5 Å². The summed E-state index contributed by atoms with van der Waals surface area (Å²) in [5, 5.41) is 22.3. The topological polar surface area (TPSA) is 119 Å². The second kappa shape index (κ2) is 14.8. The minimum atomic E-state index is -1.50. The summed E-state index contributed by atoms with van der Waals surface area (Å²) in [4.78, 5) is 35.8. The number of thioether (sulfide) groups is 1. The third-order valence-electron chi connectivity index (χ3n) is 5.77. The van der Waals surface area contributed by atoms with Gasteiger partial charge < -0.3 is 24.4 Å². The Hall–Kier alpha value is -2.62. The number of allylic oxidation sites excluding steroid dienone is 1. The monoisotopic (exact) mass is 520 g/mol. The maximum atomic E-state index is 13.0. The highest BCUT2D eigenvalue weighted by Crippen LogP contribution is 2.41. The van der Waals surface area contributed by atoms with Crippen molar-refractivity contribution in [3.05, 3.63) is 53.5 Å². The Kier molecular flexibility index (Phi) is 12.2. The lowest BCUT2D eigenvalue weighted by Crippen LogP contribution is -2.43. The number of carbonyl (C=O) groups is 3. The van der Waals surface area contributed by atoms with Crippen molar-refractivity contribution in [3.63, 3.8) is 0 Å². The number of hydrogen-bond acceptors (Lipinski definition) is 9. The van der Waals surface area contributed by atoms with E-state index in [1.807, 2.05) is 30.3 Å². The molecule has 1 aromatic carbocycles. The van der Waals surface area contributed by atoms with Crippen molar-refractivity contribution >= 4 is 29.5 Å². The van der Waals surface area contributed by atoms with Crippen LogP contribution in [0.25, 0.3) is 0 Å². The molecule has 8 nitrogen and oxygen atoms in total. The highest BCUT2D eigenvalue weighted by Gasteiger charge is 2.49. The summed E-state index contributed by atoms with van der Waals surface area (Å²) in [6.45, 7) is 3.24. The number of carbonyl (C=O) groups excluding carboxylic acids is 3. The van der Waals surface area contributed by atoms with Crippen LogP contribution in [-0.4, -0.2) is 65.2 Å². The van der Waals surface area contributed by atoms with E-state index in [2.05, 4.69) is 0 Å². The van der Waals surface area contributed by atoms with E-state index in [1.54, 1.807) is 12.3 Å². The SMILES string of the molecule is CSC1=CC(O)(CCCCOc2ccccc2)C(C(O)C=CC(CCCOC(C)=O)OC(C)=O)C1=O. The van der Waals surface area contributed by atoms with Crippen molar-refractivity contribution in [2.45, 2.75) is 63.8 Å². The minimum absolute atomic E-state index is 0.180. The molecule has 4 atom stereocenters. The fourth-order valence-electron chi connectivity index (χ4n) is 4.08. The van der Waals surface area contributed by atoms with E-state index in [-0.39, 0.29) is 18.8 Å². The Morgan fingerprint density at radius 2 is 1.81 bits per heavy atom. The fraction of sp³-hybridized carbons (Fsp3) is 0.519. The number of aliphatic hydroxyl groups excluding tert-OH is 1. The number of unbranched alkanes of at least 4 members (excludes halogenated alkanes) is 1. The maximum absolute atomic E-state index is 13.0. The summed E-state index contributed by atoms with van der Waals surface area (Å²) >= 11 is 1.23. The summed E-state index contributed by atoms with van der Waals surface area (Å²) in [5.41, 5.74) is -1.50. The molecule has 0 aliphatic heterocycles. The minimum Gasteiger partial charge on any atom is -0.494 e. The third-order valence-corrected chi connectivity index (χ3v) is 6.53. The molecule has 2 rings (SSSR count). The van der Waals surface area contributed by atoms with Gasteiger partial charge in [0.15, 0.2) is 5.78 Å². The van der Waals surface area contributed by atoms with Gasteiger partial charge in [-0.05, 0) is 62.6 Å². The average molecular weight is 521 g/mol. The number of para-hydroxylation sites is 1. The number of ketones is 1. The molecule has 0 saturated heterocycles. The predicted octanol–water partition coefficient (Wildman–Crippen LogP) is 3.60. The smallest absolute Gasteiger partial charge is 0.303 e. The molecule has 1 aliphatic rings. The van der Waals surface area contributed by atoms with Gasteiger partial charge in [0.2, 0.25) is 0 Å². The normalized spacial score (nSPS) is 21.2. The highest BCUT2D eigenvalue weighted by molar-refractivity contribution is 8.03. The molecule has 0 saturated carbocycles. The van der Waals surface area contributed by atoms with Gasteiger partial charge in [-0.2, -0.15) is 0 Å². The van der Waals surface area contributed by atoms with Crippen LogP contribution < -0.4 is 4.74 Å². The van der Waals surface area contributed by atoms with Gasteiger partial charge in [0.05, 0.1) is 30.8 Å². The Balaban J connectivity index is 1.99. The van der Waals surface area contributed by atoms with Gasteiger partial charge in [-0.15, -0.1) is 11.8 Å². The van der Waals surface area contributed by atoms with Crippen molar-refractivity contribution in [1.29, 1.82) is 0 Å². The summed E-state index contributed by atoms with van der Waals surface area (Å²) in [7, 11) is 0. The highest BCUT2D eigenvalue weighted by atomic mass is 32.2. The molecule has 36 heavy (non-hydrogen) atoms. The molecule has 9 heteroatoms. The zero-order chi connectivity index (χ0) is 26.6. The van der Waals surface area contributed by atoms with Crippen LogP contribution >= 0.6 is 11.8 Å². The fourth-order valence-corrected chi connectivity index (χ4v) is 4.73. The molecule has 0 heterocycles. The van der Waals surface area contributed by atoms with E-state index in [4.69, 9.17) is 14.2 Å². The van der Waals surface area contributed by atoms with Gasteiger partial charge in [0, 0.05) is 18.8 Å². The standard InChI is InChI=1S/C27H36O8S/c1-19(28)33-17-9-12-22(35-20(2)29)13-14-23(30)25-26(31)24(36-3)18-27(25,32)15-7-8-16-34-21-10-5-4-6-11-21/h4-6,10-11,13-14,18,22-23,25,30,32H,7-9,12,15-17H2,1-3H3. The lowest BCUT2D eigenvalue weighted by atomic mass is 9.81. The van der Waals surface area contributed by atoms with Crippen LogP contribution in [-0.2, 0) is 23.9 Å². The second-order valence-corrected chi connectivity index (χ2v) is 9.52. The summed E-state index contributed by atoms with van der Waals surface area (Å²) in [5.74, 6) is -1.51. The van der Waals surface area contributed by atoms with Crippen LogP contribution in [0.2, 0.25) is 0 Å². The van der Waals surface area contributed by atoms with E-state index >= 15 is 0 Å². The van der Waals surface area contributed by atoms with E-state index in [0.717, 1.165) is 5.75 Å². The summed E-state index contributed by atoms with van der Waals surface area (Å²) in [6, 6.07) is 9.43. The van der Waals surface area contributed by atoms with Crippen LogP contribution in [0.4, 0.5) is 0 Å². The molecule has 1 aliphatic carbocycles. The van der Waals surface area contributed by atoms with Crippen molar-refractivity contribution in [3.8, 4) is 5.75 Å². The number of ether oxygens (including phenoxy) is 3. The van der Waals surface area contributed by atoms with E-state index in [1.165, 1.54) is 37.8 Å². The molecule has 2 N–H and O–H groups in total. The first-order valence-electron chi connectivity index (χ1n) is 12.0. The van der Waals surface area contributed by atoms with Crippen molar-refractivity contribution in [1.82, 2.24) is 0 Å². The first kappa shape index (κ1) is 29.6. The molecule has 1 aromatic rings. The Morgan fingerprint density at radius 3 is 2.44 bits per heavy atom.